The summed E-state index contributed by atoms with van der Waals surface area (Å²) in [5.74, 6) is 0.875. The second-order valence-corrected chi connectivity index (χ2v) is 8.92. The molecule has 3 heterocycles. The van der Waals surface area contributed by atoms with E-state index in [9.17, 15) is 9.59 Å². The number of thiazole rings is 2. The van der Waals surface area contributed by atoms with Gasteiger partial charge in [-0.1, -0.05) is 29.5 Å². The number of hydrogen-bond acceptors (Lipinski definition) is 8. The van der Waals surface area contributed by atoms with Gasteiger partial charge in [0.2, 0.25) is 11.8 Å². The van der Waals surface area contributed by atoms with Crippen molar-refractivity contribution in [2.75, 3.05) is 23.4 Å². The Kier molecular flexibility index (Phi) is 5.76. The van der Waals surface area contributed by atoms with Crippen LogP contribution in [0, 0.1) is 0 Å². The average molecular weight is 479 g/mol. The van der Waals surface area contributed by atoms with E-state index in [0.717, 1.165) is 15.9 Å². The first kappa shape index (κ1) is 21.1. The molecule has 8 nitrogen and oxygen atoms in total. The van der Waals surface area contributed by atoms with E-state index in [1.807, 2.05) is 42.5 Å². The number of para-hydroxylation sites is 1. The van der Waals surface area contributed by atoms with E-state index >= 15 is 0 Å². The highest BCUT2D eigenvalue weighted by molar-refractivity contribution is 7.22. The van der Waals surface area contributed by atoms with Crippen LogP contribution in [0.3, 0.4) is 0 Å². The van der Waals surface area contributed by atoms with E-state index in [-0.39, 0.29) is 11.8 Å². The van der Waals surface area contributed by atoms with Gasteiger partial charge < -0.3 is 9.47 Å². The number of nitrogens with zero attached hydrogens (tertiary/aromatic N) is 3. The minimum Gasteiger partial charge on any atom is -0.486 e. The molecule has 0 unspecified atom stereocenters. The lowest BCUT2D eigenvalue weighted by Crippen LogP contribution is -2.22. The number of nitrogens with one attached hydrogen (secondary N) is 1. The van der Waals surface area contributed by atoms with Crippen LogP contribution in [-0.2, 0) is 9.59 Å². The number of carbonyl (C=O) groups excluding carboxylic acids is 2. The van der Waals surface area contributed by atoms with Crippen molar-refractivity contribution >= 4 is 66.7 Å². The van der Waals surface area contributed by atoms with Crippen molar-refractivity contribution in [2.24, 2.45) is 0 Å². The van der Waals surface area contributed by atoms with Crippen LogP contribution in [0.1, 0.15) is 12.6 Å². The van der Waals surface area contributed by atoms with E-state index in [4.69, 9.17) is 9.47 Å². The van der Waals surface area contributed by atoms with Gasteiger partial charge >= 0.3 is 0 Å². The monoisotopic (exact) mass is 478 g/mol. The fourth-order valence-electron chi connectivity index (χ4n) is 3.29. The quantitative estimate of drug-likeness (QED) is 0.412. The molecule has 0 saturated heterocycles. The fraction of sp³-hybridized carbons (Fsp3) is 0.130. The molecule has 0 spiro atoms. The van der Waals surface area contributed by atoms with Gasteiger partial charge in [0, 0.05) is 30.5 Å². The van der Waals surface area contributed by atoms with Gasteiger partial charge in [-0.25, -0.2) is 9.97 Å². The van der Waals surface area contributed by atoms with Crippen LogP contribution in [0.15, 0.2) is 53.9 Å². The SMILES string of the molecule is CC(=O)N(c1ccccc1)c1nc(/C=C/C(=O)Nc2nc3cc4c(cc3s2)OCCO4)cs1. The summed E-state index contributed by atoms with van der Waals surface area (Å²) in [5.41, 5.74) is 2.05. The zero-order chi connectivity index (χ0) is 22.8. The summed E-state index contributed by atoms with van der Waals surface area (Å²) in [6.07, 6.45) is 3.00. The van der Waals surface area contributed by atoms with E-state index < -0.39 is 0 Å². The highest BCUT2D eigenvalue weighted by Crippen LogP contribution is 2.37. The molecule has 1 aliphatic rings. The predicted octanol–water partition coefficient (Wildman–Crippen LogP) is 4.86. The van der Waals surface area contributed by atoms with E-state index in [0.29, 0.717) is 40.7 Å². The molecule has 2 aromatic heterocycles. The second-order valence-electron chi connectivity index (χ2n) is 7.05. The third-order valence-electron chi connectivity index (χ3n) is 4.72. The molecule has 0 fully saturated rings. The maximum atomic E-state index is 12.4. The van der Waals surface area contributed by atoms with Crippen LogP contribution in [-0.4, -0.2) is 35.0 Å². The molecule has 0 radical (unpaired) electrons. The fourth-order valence-corrected chi connectivity index (χ4v) is 5.02. The lowest BCUT2D eigenvalue weighted by molar-refractivity contribution is -0.116. The molecule has 166 valence electrons. The largest absolute Gasteiger partial charge is 0.486 e. The molecule has 33 heavy (non-hydrogen) atoms. The number of anilines is 3. The minimum absolute atomic E-state index is 0.142. The Balaban J connectivity index is 1.29. The highest BCUT2D eigenvalue weighted by Gasteiger charge is 2.18. The molecule has 4 aromatic rings. The Morgan fingerprint density at radius 2 is 1.85 bits per heavy atom. The lowest BCUT2D eigenvalue weighted by atomic mass is 10.3. The summed E-state index contributed by atoms with van der Waals surface area (Å²) in [5, 5.41) is 5.58. The average Bonchev–Trinajstić information content (AvgIpc) is 3.43. The number of rotatable bonds is 5. The molecule has 0 bridgehead atoms. The van der Waals surface area contributed by atoms with Crippen LogP contribution >= 0.6 is 22.7 Å². The van der Waals surface area contributed by atoms with E-state index in [2.05, 4.69) is 15.3 Å². The van der Waals surface area contributed by atoms with Crippen LogP contribution in [0.2, 0.25) is 0 Å². The van der Waals surface area contributed by atoms with Crippen molar-refractivity contribution in [2.45, 2.75) is 6.92 Å². The van der Waals surface area contributed by atoms with E-state index in [1.54, 1.807) is 11.5 Å². The van der Waals surface area contributed by atoms with Crippen molar-refractivity contribution in [3.63, 3.8) is 0 Å². The van der Waals surface area contributed by atoms with Crippen LogP contribution in [0.25, 0.3) is 16.3 Å². The zero-order valence-electron chi connectivity index (χ0n) is 17.5. The van der Waals surface area contributed by atoms with Crippen molar-refractivity contribution in [3.8, 4) is 11.5 Å². The smallest absolute Gasteiger partial charge is 0.250 e. The number of ether oxygens (including phenoxy) is 2. The molecule has 2 amide bonds. The standard InChI is InChI=1S/C23H18N4O4S2/c1-14(28)27(16-5-3-2-4-6-16)23-24-15(13-32-23)7-8-21(29)26-22-25-17-11-18-19(12-20(17)33-22)31-10-9-30-18/h2-8,11-13H,9-10H2,1H3,(H,25,26,29)/b8-7+. The van der Waals surface area contributed by atoms with Gasteiger partial charge in [-0.3, -0.25) is 19.8 Å². The molecule has 0 aliphatic carbocycles. The van der Waals surface area contributed by atoms with Gasteiger partial charge in [-0.2, -0.15) is 0 Å². The molecular formula is C23H18N4O4S2. The number of fused-ring (bicyclic) bond motifs is 2. The molecular weight excluding hydrogens is 460 g/mol. The lowest BCUT2D eigenvalue weighted by Gasteiger charge is -2.17. The predicted molar refractivity (Wildman–Crippen MR) is 130 cm³/mol. The number of benzene rings is 2. The number of amides is 2. The summed E-state index contributed by atoms with van der Waals surface area (Å²) in [6, 6.07) is 13.0. The summed E-state index contributed by atoms with van der Waals surface area (Å²) < 4.78 is 12.1. The first-order valence-corrected chi connectivity index (χ1v) is 11.8. The van der Waals surface area contributed by atoms with Gasteiger partial charge in [-0.05, 0) is 18.2 Å². The minimum atomic E-state index is -0.327. The van der Waals surface area contributed by atoms with Gasteiger partial charge in [0.1, 0.15) is 13.2 Å². The maximum Gasteiger partial charge on any atom is 0.250 e. The summed E-state index contributed by atoms with van der Waals surface area (Å²) in [7, 11) is 0. The number of aromatic nitrogens is 2. The summed E-state index contributed by atoms with van der Waals surface area (Å²) in [6.45, 7) is 2.51. The third kappa shape index (κ3) is 4.57. The Labute approximate surface area is 197 Å². The molecule has 1 N–H and O–H groups in total. The van der Waals surface area contributed by atoms with Crippen molar-refractivity contribution in [1.29, 1.82) is 0 Å². The third-order valence-corrected chi connectivity index (χ3v) is 6.50. The molecule has 5 rings (SSSR count). The second kappa shape index (κ2) is 9.00. The van der Waals surface area contributed by atoms with Gasteiger partial charge in [-0.15, -0.1) is 11.3 Å². The Hall–Kier alpha value is -3.76. The molecule has 2 aromatic carbocycles. The molecule has 1 aliphatic heterocycles. The van der Waals surface area contributed by atoms with Crippen LogP contribution < -0.4 is 19.7 Å². The molecule has 0 saturated carbocycles. The Bertz CT molecular complexity index is 1320. The highest BCUT2D eigenvalue weighted by atomic mass is 32.1. The van der Waals surface area contributed by atoms with Crippen molar-refractivity contribution in [3.05, 3.63) is 59.6 Å². The summed E-state index contributed by atoms with van der Waals surface area (Å²) in [4.78, 5) is 35.1. The van der Waals surface area contributed by atoms with Crippen LogP contribution in [0.4, 0.5) is 16.0 Å². The van der Waals surface area contributed by atoms with Gasteiger partial charge in [0.25, 0.3) is 0 Å². The van der Waals surface area contributed by atoms with Crippen LogP contribution in [0.5, 0.6) is 11.5 Å². The van der Waals surface area contributed by atoms with Crippen molar-refractivity contribution in [1.82, 2.24) is 9.97 Å². The molecule has 0 atom stereocenters. The van der Waals surface area contributed by atoms with Crippen molar-refractivity contribution < 1.29 is 19.1 Å². The number of hydrogen-bond donors (Lipinski definition) is 1. The summed E-state index contributed by atoms with van der Waals surface area (Å²) >= 11 is 2.69. The normalized spacial score (nSPS) is 12.8. The number of carbonyl (C=O) groups is 2. The first-order valence-electron chi connectivity index (χ1n) is 10.1. The van der Waals surface area contributed by atoms with Gasteiger partial charge in [0.05, 0.1) is 21.6 Å². The first-order chi connectivity index (χ1) is 16.1. The maximum absolute atomic E-state index is 12.4. The Morgan fingerprint density at radius 3 is 2.61 bits per heavy atom. The molecule has 10 heteroatoms. The Morgan fingerprint density at radius 1 is 1.09 bits per heavy atom. The van der Waals surface area contributed by atoms with E-state index in [1.165, 1.54) is 40.6 Å². The topological polar surface area (TPSA) is 93.7 Å². The van der Waals surface area contributed by atoms with Gasteiger partial charge in [0.15, 0.2) is 21.8 Å². The zero-order valence-corrected chi connectivity index (χ0v) is 19.1.